The monoisotopic (exact) mass is 438 g/mol. The van der Waals surface area contributed by atoms with Crippen LogP contribution in [0, 0.1) is 0 Å². The van der Waals surface area contributed by atoms with Gasteiger partial charge in [0.15, 0.2) is 5.82 Å². The number of benzene rings is 2. The first kappa shape index (κ1) is 23.4. The van der Waals surface area contributed by atoms with E-state index in [9.17, 15) is 0 Å². The zero-order chi connectivity index (χ0) is 22.4. The van der Waals surface area contributed by atoms with E-state index >= 15 is 0 Å². The lowest BCUT2D eigenvalue weighted by molar-refractivity contribution is 0.0547. The summed E-state index contributed by atoms with van der Waals surface area (Å²) in [5.41, 5.74) is 7.39. The molecule has 0 saturated heterocycles. The van der Waals surface area contributed by atoms with Gasteiger partial charge in [0, 0.05) is 25.2 Å². The molecule has 0 radical (unpaired) electrons. The lowest BCUT2D eigenvalue weighted by Crippen LogP contribution is -2.16. The molecule has 0 amide bonds. The Labute approximate surface area is 188 Å². The van der Waals surface area contributed by atoms with E-state index in [-0.39, 0.29) is 0 Å². The molecule has 2 aromatic carbocycles. The predicted octanol–water partition coefficient (Wildman–Crippen LogP) is 2.56. The van der Waals surface area contributed by atoms with E-state index in [0.717, 1.165) is 16.9 Å². The highest BCUT2D eigenvalue weighted by Crippen LogP contribution is 2.18. The summed E-state index contributed by atoms with van der Waals surface area (Å²) >= 11 is 0. The van der Waals surface area contributed by atoms with Crippen LogP contribution in [-0.4, -0.2) is 61.6 Å². The number of rotatable bonds is 14. The fourth-order valence-corrected chi connectivity index (χ4v) is 2.82. The Morgan fingerprint density at radius 1 is 0.781 bits per heavy atom. The third kappa shape index (κ3) is 7.77. The molecule has 9 nitrogen and oxygen atoms in total. The van der Waals surface area contributed by atoms with Crippen molar-refractivity contribution >= 4 is 11.9 Å². The smallest absolute Gasteiger partial charge is 0.228 e. The first-order valence-electron chi connectivity index (χ1n) is 10.6. The second kappa shape index (κ2) is 13.2. The van der Waals surface area contributed by atoms with Crippen LogP contribution in [0.4, 0.5) is 11.9 Å². The molecular formula is C23H30N6O3. The summed E-state index contributed by atoms with van der Waals surface area (Å²) in [6.07, 6.45) is 0. The van der Waals surface area contributed by atoms with Crippen LogP contribution in [0.2, 0.25) is 0 Å². The van der Waals surface area contributed by atoms with E-state index < -0.39 is 0 Å². The molecule has 3 rings (SSSR count). The van der Waals surface area contributed by atoms with Crippen LogP contribution >= 0.6 is 0 Å². The second-order valence-corrected chi connectivity index (χ2v) is 6.81. The maximum Gasteiger partial charge on any atom is 0.228 e. The van der Waals surface area contributed by atoms with E-state index in [1.807, 2.05) is 54.6 Å². The molecule has 0 aliphatic carbocycles. The van der Waals surface area contributed by atoms with Gasteiger partial charge in [-0.3, -0.25) is 0 Å². The number of nitrogens with zero attached hydrogens (tertiary/aromatic N) is 3. The Bertz CT molecular complexity index is 925. The zero-order valence-corrected chi connectivity index (χ0v) is 18.3. The van der Waals surface area contributed by atoms with Gasteiger partial charge >= 0.3 is 0 Å². The molecule has 9 heteroatoms. The van der Waals surface area contributed by atoms with Gasteiger partial charge in [0.2, 0.25) is 11.9 Å². The fraction of sp³-hybridized carbons (Fsp3) is 0.348. The molecule has 3 aromatic rings. The van der Waals surface area contributed by atoms with Crippen LogP contribution < -0.4 is 21.1 Å². The van der Waals surface area contributed by atoms with E-state index in [2.05, 4.69) is 25.6 Å². The van der Waals surface area contributed by atoms with E-state index in [1.165, 1.54) is 0 Å². The van der Waals surface area contributed by atoms with Crippen molar-refractivity contribution in [1.82, 2.24) is 15.0 Å². The van der Waals surface area contributed by atoms with E-state index in [0.29, 0.717) is 63.8 Å². The van der Waals surface area contributed by atoms with Crippen LogP contribution in [-0.2, 0) is 16.0 Å². The van der Waals surface area contributed by atoms with Crippen LogP contribution in [0.25, 0.3) is 11.4 Å². The number of nitrogens with two attached hydrogens (primary N) is 1. The summed E-state index contributed by atoms with van der Waals surface area (Å²) in [4.78, 5) is 13.6. The third-order valence-electron chi connectivity index (χ3n) is 4.44. The molecular weight excluding hydrogens is 408 g/mol. The molecule has 0 fully saturated rings. The summed E-state index contributed by atoms with van der Waals surface area (Å²) in [6.45, 7) is 3.75. The number of methoxy groups -OCH3 is 1. The highest BCUT2D eigenvalue weighted by Gasteiger charge is 2.08. The molecule has 1 heterocycles. The number of ether oxygens (including phenoxy) is 3. The minimum absolute atomic E-state index is 0.485. The SMILES string of the molecule is COc1ccc(CNc2nc(NCCOCCOCCN)nc(-c3ccccc3)n2)cc1. The van der Waals surface area contributed by atoms with Gasteiger partial charge in [-0.1, -0.05) is 42.5 Å². The minimum Gasteiger partial charge on any atom is -0.497 e. The number of aromatic nitrogens is 3. The summed E-state index contributed by atoms with van der Waals surface area (Å²) in [7, 11) is 1.65. The molecule has 170 valence electrons. The van der Waals surface area contributed by atoms with Gasteiger partial charge < -0.3 is 30.6 Å². The molecule has 1 aromatic heterocycles. The second-order valence-electron chi connectivity index (χ2n) is 6.81. The van der Waals surface area contributed by atoms with Gasteiger partial charge in [0.1, 0.15) is 5.75 Å². The molecule has 0 atom stereocenters. The Hall–Kier alpha value is -3.27. The molecule has 0 spiro atoms. The number of nitrogens with one attached hydrogen (secondary N) is 2. The molecule has 4 N–H and O–H groups in total. The number of hydrogen-bond donors (Lipinski definition) is 3. The Kier molecular flexibility index (Phi) is 9.66. The summed E-state index contributed by atoms with van der Waals surface area (Å²) in [5, 5.41) is 6.48. The van der Waals surface area contributed by atoms with Gasteiger partial charge in [-0.15, -0.1) is 0 Å². The van der Waals surface area contributed by atoms with Crippen LogP contribution in [0.15, 0.2) is 54.6 Å². The normalized spacial score (nSPS) is 10.7. The standard InChI is InChI=1S/C23H30N6O3/c1-30-20-9-7-18(8-10-20)17-26-23-28-21(19-5-3-2-4-6-19)27-22(29-23)25-12-14-32-16-15-31-13-11-24/h2-10H,11-17,24H2,1H3,(H2,25,26,27,28,29). The van der Waals surface area contributed by atoms with Gasteiger partial charge in [0.25, 0.3) is 0 Å². The van der Waals surface area contributed by atoms with Gasteiger partial charge in [0.05, 0.1) is 33.5 Å². The molecule has 0 unspecified atom stereocenters. The molecule has 0 saturated carbocycles. The van der Waals surface area contributed by atoms with Crippen molar-refractivity contribution in [1.29, 1.82) is 0 Å². The Balaban J connectivity index is 1.61. The van der Waals surface area contributed by atoms with Crippen molar-refractivity contribution in [3.63, 3.8) is 0 Å². The minimum atomic E-state index is 0.485. The summed E-state index contributed by atoms with van der Waals surface area (Å²) in [5.74, 6) is 2.39. The Morgan fingerprint density at radius 2 is 1.47 bits per heavy atom. The zero-order valence-electron chi connectivity index (χ0n) is 18.3. The highest BCUT2D eigenvalue weighted by atomic mass is 16.5. The first-order chi connectivity index (χ1) is 15.8. The lowest BCUT2D eigenvalue weighted by atomic mass is 10.2. The van der Waals surface area contributed by atoms with Crippen molar-refractivity contribution in [2.24, 2.45) is 5.73 Å². The quantitative estimate of drug-likeness (QED) is 0.326. The molecule has 0 aliphatic rings. The third-order valence-corrected chi connectivity index (χ3v) is 4.44. The maximum absolute atomic E-state index is 5.55. The maximum atomic E-state index is 5.55. The summed E-state index contributed by atoms with van der Waals surface area (Å²) in [6, 6.07) is 17.7. The van der Waals surface area contributed by atoms with Gasteiger partial charge in [-0.05, 0) is 17.7 Å². The van der Waals surface area contributed by atoms with Crippen LogP contribution in [0.3, 0.4) is 0 Å². The van der Waals surface area contributed by atoms with Crippen molar-refractivity contribution in [3.05, 3.63) is 60.2 Å². The fourth-order valence-electron chi connectivity index (χ4n) is 2.82. The van der Waals surface area contributed by atoms with Gasteiger partial charge in [-0.2, -0.15) is 15.0 Å². The average molecular weight is 439 g/mol. The van der Waals surface area contributed by atoms with Crippen molar-refractivity contribution in [2.75, 3.05) is 57.3 Å². The first-order valence-corrected chi connectivity index (χ1v) is 10.6. The van der Waals surface area contributed by atoms with Crippen molar-refractivity contribution in [2.45, 2.75) is 6.54 Å². The van der Waals surface area contributed by atoms with Crippen molar-refractivity contribution in [3.8, 4) is 17.1 Å². The topological polar surface area (TPSA) is 116 Å². The van der Waals surface area contributed by atoms with Crippen molar-refractivity contribution < 1.29 is 14.2 Å². The molecule has 32 heavy (non-hydrogen) atoms. The molecule has 0 bridgehead atoms. The summed E-state index contributed by atoms with van der Waals surface area (Å²) < 4.78 is 16.0. The Morgan fingerprint density at radius 3 is 2.16 bits per heavy atom. The number of anilines is 2. The van der Waals surface area contributed by atoms with Crippen LogP contribution in [0.1, 0.15) is 5.56 Å². The lowest BCUT2D eigenvalue weighted by Gasteiger charge is -2.11. The average Bonchev–Trinajstić information content (AvgIpc) is 2.85. The van der Waals surface area contributed by atoms with Crippen LogP contribution in [0.5, 0.6) is 5.75 Å². The van der Waals surface area contributed by atoms with E-state index in [1.54, 1.807) is 7.11 Å². The highest BCUT2D eigenvalue weighted by molar-refractivity contribution is 5.57. The largest absolute Gasteiger partial charge is 0.497 e. The van der Waals surface area contributed by atoms with Gasteiger partial charge in [-0.25, -0.2) is 0 Å². The number of hydrogen-bond acceptors (Lipinski definition) is 9. The van der Waals surface area contributed by atoms with E-state index in [4.69, 9.17) is 19.9 Å². The predicted molar refractivity (Wildman–Crippen MR) is 125 cm³/mol. The molecule has 0 aliphatic heterocycles.